The molecule has 154 valence electrons. The molecule has 1 aliphatic heterocycles. The molecule has 0 bridgehead atoms. The molecular weight excluding hydrogens is 380 g/mol. The molecule has 2 atom stereocenters. The summed E-state index contributed by atoms with van der Waals surface area (Å²) >= 11 is 1.63. The van der Waals surface area contributed by atoms with Crippen molar-refractivity contribution in [2.24, 2.45) is 13.0 Å². The highest BCUT2D eigenvalue weighted by molar-refractivity contribution is 7.09. The maximum Gasteiger partial charge on any atom is 0.217 e. The van der Waals surface area contributed by atoms with Crippen LogP contribution >= 0.6 is 11.3 Å². The van der Waals surface area contributed by atoms with Crippen LogP contribution in [0.15, 0.2) is 29.8 Å². The number of carbonyl (C=O) groups excluding carboxylic acids is 1. The molecule has 1 aliphatic rings. The number of aryl methyl sites for hydroxylation is 2. The maximum absolute atomic E-state index is 11.8. The molecule has 2 aromatic heterocycles. The van der Waals surface area contributed by atoms with Gasteiger partial charge in [-0.2, -0.15) is 0 Å². The molecule has 1 saturated heterocycles. The number of rotatable bonds is 5. The lowest BCUT2D eigenvalue weighted by atomic mass is 9.90. The Morgan fingerprint density at radius 1 is 1.38 bits per heavy atom. The largest absolute Gasteiger partial charge is 0.348 e. The first kappa shape index (κ1) is 20.1. The molecule has 0 spiro atoms. The average molecular weight is 411 g/mol. The predicted molar refractivity (Wildman–Crippen MR) is 119 cm³/mol. The van der Waals surface area contributed by atoms with Crippen molar-refractivity contribution in [1.29, 1.82) is 0 Å². The third kappa shape index (κ3) is 4.09. The van der Waals surface area contributed by atoms with E-state index in [1.165, 1.54) is 27.7 Å². The molecule has 1 N–H and O–H groups in total. The minimum absolute atomic E-state index is 0.00608. The van der Waals surface area contributed by atoms with E-state index in [2.05, 4.69) is 58.9 Å². The van der Waals surface area contributed by atoms with Crippen molar-refractivity contribution in [3.05, 3.63) is 51.6 Å². The van der Waals surface area contributed by atoms with Gasteiger partial charge < -0.3 is 9.88 Å². The molecule has 0 unspecified atom stereocenters. The van der Waals surface area contributed by atoms with Crippen molar-refractivity contribution < 1.29 is 4.79 Å². The molecule has 1 aromatic carbocycles. The first-order chi connectivity index (χ1) is 13.9. The second-order valence-electron chi connectivity index (χ2n) is 8.33. The normalized spacial score (nSPS) is 18.8. The first-order valence-electron chi connectivity index (χ1n) is 10.4. The number of fused-ring (bicyclic) bond motifs is 1. The number of aromatic nitrogens is 2. The van der Waals surface area contributed by atoms with E-state index in [1.54, 1.807) is 18.3 Å². The SMILES string of the molecule is CC(=O)N[C@H](c1nccs1)[C@H]1CCCN(Cc2c(C)n(C)c3cc(C)ccc23)C1. The van der Waals surface area contributed by atoms with Crippen molar-refractivity contribution in [3.8, 4) is 0 Å². The Kier molecular flexibility index (Phi) is 5.74. The van der Waals surface area contributed by atoms with Crippen molar-refractivity contribution in [2.45, 2.75) is 46.2 Å². The molecular formula is C23H30N4OS. The Morgan fingerprint density at radius 2 is 2.21 bits per heavy atom. The highest BCUT2D eigenvalue weighted by atomic mass is 32.1. The molecule has 0 aliphatic carbocycles. The number of nitrogens with zero attached hydrogens (tertiary/aromatic N) is 3. The van der Waals surface area contributed by atoms with Gasteiger partial charge in [-0.15, -0.1) is 11.3 Å². The Hall–Kier alpha value is -2.18. The molecule has 4 rings (SSSR count). The van der Waals surface area contributed by atoms with Crippen LogP contribution in [-0.2, 0) is 18.4 Å². The van der Waals surface area contributed by atoms with Gasteiger partial charge in [-0.05, 0) is 56.3 Å². The van der Waals surface area contributed by atoms with Crippen LogP contribution < -0.4 is 5.32 Å². The van der Waals surface area contributed by atoms with E-state index in [1.807, 2.05) is 11.6 Å². The minimum atomic E-state index is 0.00608. The summed E-state index contributed by atoms with van der Waals surface area (Å²) in [5, 5.41) is 7.53. The zero-order chi connectivity index (χ0) is 20.5. The van der Waals surface area contributed by atoms with Crippen LogP contribution in [0.5, 0.6) is 0 Å². The van der Waals surface area contributed by atoms with Crippen LogP contribution in [0.3, 0.4) is 0 Å². The van der Waals surface area contributed by atoms with E-state index in [0.29, 0.717) is 5.92 Å². The third-order valence-electron chi connectivity index (χ3n) is 6.25. The van der Waals surface area contributed by atoms with Gasteiger partial charge in [-0.1, -0.05) is 12.1 Å². The van der Waals surface area contributed by atoms with Gasteiger partial charge in [0.05, 0.1) is 6.04 Å². The van der Waals surface area contributed by atoms with Crippen LogP contribution in [0.1, 0.15) is 47.6 Å². The van der Waals surface area contributed by atoms with Crippen molar-refractivity contribution >= 4 is 28.1 Å². The van der Waals surface area contributed by atoms with Crippen molar-refractivity contribution in [3.63, 3.8) is 0 Å². The van der Waals surface area contributed by atoms with Crippen LogP contribution in [-0.4, -0.2) is 33.4 Å². The first-order valence-corrected chi connectivity index (χ1v) is 11.3. The van der Waals surface area contributed by atoms with Crippen molar-refractivity contribution in [2.75, 3.05) is 13.1 Å². The summed E-state index contributed by atoms with van der Waals surface area (Å²) in [5.41, 5.74) is 5.37. The summed E-state index contributed by atoms with van der Waals surface area (Å²) in [6, 6.07) is 6.76. The lowest BCUT2D eigenvalue weighted by Crippen LogP contribution is -2.42. The van der Waals surface area contributed by atoms with E-state index in [0.717, 1.165) is 37.5 Å². The Balaban J connectivity index is 1.57. The Bertz CT molecular complexity index is 1010. The number of carbonyl (C=O) groups is 1. The lowest BCUT2D eigenvalue weighted by Gasteiger charge is -2.36. The fourth-order valence-electron chi connectivity index (χ4n) is 4.67. The molecule has 6 heteroatoms. The van der Waals surface area contributed by atoms with Gasteiger partial charge in [0.1, 0.15) is 5.01 Å². The summed E-state index contributed by atoms with van der Waals surface area (Å²) in [4.78, 5) is 18.9. The monoisotopic (exact) mass is 410 g/mol. The molecule has 5 nitrogen and oxygen atoms in total. The van der Waals surface area contributed by atoms with Gasteiger partial charge in [-0.3, -0.25) is 9.69 Å². The molecule has 0 saturated carbocycles. The van der Waals surface area contributed by atoms with Gasteiger partial charge in [0.25, 0.3) is 0 Å². The van der Waals surface area contributed by atoms with E-state index in [9.17, 15) is 4.79 Å². The Morgan fingerprint density at radius 3 is 2.93 bits per heavy atom. The molecule has 3 heterocycles. The summed E-state index contributed by atoms with van der Waals surface area (Å²) < 4.78 is 2.31. The molecule has 1 fully saturated rings. The second-order valence-corrected chi connectivity index (χ2v) is 9.26. The average Bonchev–Trinajstić information content (AvgIpc) is 3.30. The summed E-state index contributed by atoms with van der Waals surface area (Å²) in [6.07, 6.45) is 4.10. The van der Waals surface area contributed by atoms with E-state index < -0.39 is 0 Å². The number of hydrogen-bond donors (Lipinski definition) is 1. The summed E-state index contributed by atoms with van der Waals surface area (Å²) in [5.74, 6) is 0.402. The minimum Gasteiger partial charge on any atom is -0.348 e. The van der Waals surface area contributed by atoms with E-state index in [-0.39, 0.29) is 11.9 Å². The molecule has 0 radical (unpaired) electrons. The van der Waals surface area contributed by atoms with E-state index in [4.69, 9.17) is 0 Å². The fraction of sp³-hybridized carbons (Fsp3) is 0.478. The highest BCUT2D eigenvalue weighted by Crippen LogP contribution is 2.33. The lowest BCUT2D eigenvalue weighted by molar-refractivity contribution is -0.120. The quantitative estimate of drug-likeness (QED) is 0.681. The number of hydrogen-bond acceptors (Lipinski definition) is 4. The summed E-state index contributed by atoms with van der Waals surface area (Å²) in [6.45, 7) is 9.00. The standard InChI is InChI=1S/C23H30N4OS/c1-15-7-8-19-20(16(2)26(4)21(19)12-15)14-27-10-5-6-18(13-27)22(25-17(3)28)23-24-9-11-29-23/h7-9,11-12,18,22H,5-6,10,13-14H2,1-4H3,(H,25,28)/t18-,22-/m0/s1. The number of amides is 1. The maximum atomic E-state index is 11.8. The number of piperidine rings is 1. The zero-order valence-electron chi connectivity index (χ0n) is 17.7. The second kappa shape index (κ2) is 8.28. The van der Waals surface area contributed by atoms with Crippen LogP contribution in [0.25, 0.3) is 10.9 Å². The number of benzene rings is 1. The molecule has 3 aromatic rings. The number of thiazole rings is 1. The fourth-order valence-corrected chi connectivity index (χ4v) is 5.45. The van der Waals surface area contributed by atoms with Crippen LogP contribution in [0.2, 0.25) is 0 Å². The van der Waals surface area contributed by atoms with Crippen LogP contribution in [0, 0.1) is 19.8 Å². The predicted octanol–water partition coefficient (Wildman–Crippen LogP) is 4.34. The molecule has 1 amide bonds. The Labute approximate surface area is 176 Å². The van der Waals surface area contributed by atoms with Crippen molar-refractivity contribution in [1.82, 2.24) is 19.8 Å². The molecule has 29 heavy (non-hydrogen) atoms. The van der Waals surface area contributed by atoms with Gasteiger partial charge in [0.15, 0.2) is 0 Å². The number of likely N-dealkylation sites (tertiary alicyclic amines) is 1. The van der Waals surface area contributed by atoms with Gasteiger partial charge in [0.2, 0.25) is 5.91 Å². The van der Waals surface area contributed by atoms with Gasteiger partial charge in [0, 0.05) is 55.2 Å². The number of nitrogens with one attached hydrogen (secondary N) is 1. The van der Waals surface area contributed by atoms with Gasteiger partial charge in [-0.25, -0.2) is 4.98 Å². The zero-order valence-corrected chi connectivity index (χ0v) is 18.6. The van der Waals surface area contributed by atoms with E-state index >= 15 is 0 Å². The summed E-state index contributed by atoms with van der Waals surface area (Å²) in [7, 11) is 2.16. The highest BCUT2D eigenvalue weighted by Gasteiger charge is 2.31. The smallest absolute Gasteiger partial charge is 0.217 e. The third-order valence-corrected chi connectivity index (χ3v) is 7.11. The topological polar surface area (TPSA) is 50.2 Å². The van der Waals surface area contributed by atoms with Gasteiger partial charge >= 0.3 is 0 Å². The van der Waals surface area contributed by atoms with Crippen LogP contribution in [0.4, 0.5) is 0 Å².